The lowest BCUT2D eigenvalue weighted by atomic mass is 10.2. The zero-order chi connectivity index (χ0) is 15.1. The minimum atomic E-state index is -0.533. The first-order valence-corrected chi connectivity index (χ1v) is 7.12. The van der Waals surface area contributed by atoms with Crippen LogP contribution >= 0.6 is 11.3 Å². The van der Waals surface area contributed by atoms with Crippen molar-refractivity contribution in [2.75, 3.05) is 0 Å². The largest absolute Gasteiger partial charge is 0.264 e. The molecule has 108 valence electrons. The van der Waals surface area contributed by atoms with E-state index in [1.54, 1.807) is 18.5 Å². The van der Waals surface area contributed by atoms with Crippen LogP contribution in [-0.4, -0.2) is 24.8 Å². The molecule has 4 aromatic rings. The molecule has 0 aliphatic rings. The summed E-state index contributed by atoms with van der Waals surface area (Å²) in [5.74, 6) is -0.549. The van der Waals surface area contributed by atoms with E-state index in [4.69, 9.17) is 0 Å². The van der Waals surface area contributed by atoms with Crippen LogP contribution in [0.3, 0.4) is 0 Å². The van der Waals surface area contributed by atoms with Crippen LogP contribution in [-0.2, 0) is 0 Å². The van der Waals surface area contributed by atoms with Crippen molar-refractivity contribution in [2.45, 2.75) is 0 Å². The maximum atomic E-state index is 13.9. The lowest BCUT2D eigenvalue weighted by molar-refractivity contribution is 0.603. The third-order valence-corrected chi connectivity index (χ3v) is 4.00. The van der Waals surface area contributed by atoms with E-state index < -0.39 is 11.6 Å². The van der Waals surface area contributed by atoms with Gasteiger partial charge in [-0.3, -0.25) is 4.98 Å². The highest BCUT2D eigenvalue weighted by Gasteiger charge is 2.17. The number of hydrogen-bond acceptors (Lipinski definition) is 5. The Bertz CT molecular complexity index is 964. The normalized spacial score (nSPS) is 11.2. The van der Waals surface area contributed by atoms with Crippen LogP contribution in [0.4, 0.5) is 8.78 Å². The first-order chi connectivity index (χ1) is 10.7. The maximum Gasteiger partial charge on any atom is 0.235 e. The van der Waals surface area contributed by atoms with Crippen LogP contribution in [0.5, 0.6) is 0 Å². The summed E-state index contributed by atoms with van der Waals surface area (Å²) in [5.41, 5.74) is 0.846. The Labute approximate surface area is 126 Å². The molecule has 0 atom stereocenters. The van der Waals surface area contributed by atoms with Crippen molar-refractivity contribution in [1.29, 1.82) is 0 Å². The molecule has 0 unspecified atom stereocenters. The second-order valence-electron chi connectivity index (χ2n) is 4.49. The molecule has 4 rings (SSSR count). The molecule has 0 fully saturated rings. The highest BCUT2D eigenvalue weighted by molar-refractivity contribution is 7.19. The molecule has 5 nitrogen and oxygen atoms in total. The summed E-state index contributed by atoms with van der Waals surface area (Å²) in [7, 11) is 0. The van der Waals surface area contributed by atoms with Crippen molar-refractivity contribution in [1.82, 2.24) is 24.8 Å². The topological polar surface area (TPSA) is 56.0 Å². The van der Waals surface area contributed by atoms with Crippen LogP contribution in [0.2, 0.25) is 0 Å². The van der Waals surface area contributed by atoms with Crippen molar-refractivity contribution >= 4 is 16.3 Å². The van der Waals surface area contributed by atoms with Crippen LogP contribution < -0.4 is 0 Å². The Morgan fingerprint density at radius 2 is 2.00 bits per heavy atom. The average Bonchev–Trinajstić information content (AvgIpc) is 3.10. The molecule has 0 saturated heterocycles. The van der Waals surface area contributed by atoms with Gasteiger partial charge in [0, 0.05) is 18.0 Å². The lowest BCUT2D eigenvalue weighted by Crippen LogP contribution is -1.92. The second kappa shape index (κ2) is 4.92. The highest BCUT2D eigenvalue weighted by Crippen LogP contribution is 2.29. The van der Waals surface area contributed by atoms with Gasteiger partial charge in [-0.15, -0.1) is 10.2 Å². The standard InChI is InChI=1S/C14H7F2N5S/c15-9-3-4-11(16)10(6-9)13-20-21-12(18-19-14(21)22-13)8-2-1-5-17-7-8/h1-7H. The van der Waals surface area contributed by atoms with Crippen LogP contribution in [0, 0.1) is 11.6 Å². The molecular formula is C14H7F2N5S. The number of fused-ring (bicyclic) bond motifs is 1. The van der Waals surface area contributed by atoms with E-state index >= 15 is 0 Å². The van der Waals surface area contributed by atoms with Gasteiger partial charge in [-0.1, -0.05) is 11.3 Å². The van der Waals surface area contributed by atoms with Gasteiger partial charge in [0.2, 0.25) is 4.96 Å². The molecular weight excluding hydrogens is 308 g/mol. The van der Waals surface area contributed by atoms with Gasteiger partial charge in [0.05, 0.1) is 5.56 Å². The molecule has 0 aliphatic heterocycles. The average molecular weight is 315 g/mol. The summed E-state index contributed by atoms with van der Waals surface area (Å²) in [6.45, 7) is 0. The smallest absolute Gasteiger partial charge is 0.235 e. The van der Waals surface area contributed by atoms with E-state index in [-0.39, 0.29) is 5.56 Å². The highest BCUT2D eigenvalue weighted by atomic mass is 32.1. The second-order valence-corrected chi connectivity index (χ2v) is 5.45. The molecule has 3 aromatic heterocycles. The summed E-state index contributed by atoms with van der Waals surface area (Å²) >= 11 is 1.14. The van der Waals surface area contributed by atoms with Gasteiger partial charge in [-0.05, 0) is 30.3 Å². The van der Waals surface area contributed by atoms with Crippen molar-refractivity contribution in [3.05, 3.63) is 54.4 Å². The minimum absolute atomic E-state index is 0.104. The maximum absolute atomic E-state index is 13.9. The molecule has 0 aliphatic carbocycles. The number of aromatic nitrogens is 5. The van der Waals surface area contributed by atoms with Gasteiger partial charge >= 0.3 is 0 Å². The first-order valence-electron chi connectivity index (χ1n) is 6.30. The van der Waals surface area contributed by atoms with E-state index in [1.165, 1.54) is 4.52 Å². The quantitative estimate of drug-likeness (QED) is 0.570. The third-order valence-electron chi connectivity index (χ3n) is 3.07. The van der Waals surface area contributed by atoms with E-state index in [1.807, 2.05) is 6.07 Å². The van der Waals surface area contributed by atoms with Crippen molar-refractivity contribution < 1.29 is 8.78 Å². The van der Waals surface area contributed by atoms with Gasteiger partial charge in [-0.25, -0.2) is 8.78 Å². The summed E-state index contributed by atoms with van der Waals surface area (Å²) < 4.78 is 28.7. The van der Waals surface area contributed by atoms with Crippen molar-refractivity contribution in [3.63, 3.8) is 0 Å². The Hall–Kier alpha value is -2.74. The predicted molar refractivity (Wildman–Crippen MR) is 77.2 cm³/mol. The molecule has 0 N–H and O–H groups in total. The molecule has 0 amide bonds. The Morgan fingerprint density at radius 1 is 1.09 bits per heavy atom. The van der Waals surface area contributed by atoms with Crippen LogP contribution in [0.25, 0.3) is 26.9 Å². The molecule has 3 heterocycles. The number of pyridine rings is 1. The van der Waals surface area contributed by atoms with E-state index in [2.05, 4.69) is 20.3 Å². The van der Waals surface area contributed by atoms with Crippen LogP contribution in [0.15, 0.2) is 42.7 Å². The number of hydrogen-bond donors (Lipinski definition) is 0. The van der Waals surface area contributed by atoms with Crippen molar-refractivity contribution in [2.24, 2.45) is 0 Å². The number of nitrogens with zero attached hydrogens (tertiary/aromatic N) is 5. The van der Waals surface area contributed by atoms with Gasteiger partial charge in [0.1, 0.15) is 11.6 Å². The van der Waals surface area contributed by atoms with Gasteiger partial charge in [0.25, 0.3) is 0 Å². The fourth-order valence-electron chi connectivity index (χ4n) is 2.06. The number of rotatable bonds is 2. The predicted octanol–water partition coefficient (Wildman–Crippen LogP) is 3.19. The zero-order valence-corrected chi connectivity index (χ0v) is 11.8. The van der Waals surface area contributed by atoms with Gasteiger partial charge in [0.15, 0.2) is 10.8 Å². The molecule has 22 heavy (non-hydrogen) atoms. The van der Waals surface area contributed by atoms with Gasteiger partial charge in [-0.2, -0.15) is 9.61 Å². The van der Waals surface area contributed by atoms with E-state index in [9.17, 15) is 8.78 Å². The fourth-order valence-corrected chi connectivity index (χ4v) is 2.92. The Balaban J connectivity index is 1.89. The molecule has 0 saturated carbocycles. The van der Waals surface area contributed by atoms with Gasteiger partial charge < -0.3 is 0 Å². The van der Waals surface area contributed by atoms with E-state index in [0.717, 1.165) is 35.1 Å². The third kappa shape index (κ3) is 2.04. The number of benzene rings is 1. The first kappa shape index (κ1) is 13.0. The Kier molecular flexibility index (Phi) is 2.90. The minimum Gasteiger partial charge on any atom is -0.264 e. The molecule has 1 aromatic carbocycles. The SMILES string of the molecule is Fc1ccc(F)c(-c2nn3c(-c4cccnc4)nnc3s2)c1. The van der Waals surface area contributed by atoms with Crippen LogP contribution in [0.1, 0.15) is 0 Å². The fraction of sp³-hybridized carbons (Fsp3) is 0. The molecule has 8 heteroatoms. The molecule has 0 bridgehead atoms. The summed E-state index contributed by atoms with van der Waals surface area (Å²) in [4.78, 5) is 4.52. The lowest BCUT2D eigenvalue weighted by Gasteiger charge is -1.98. The molecule has 0 radical (unpaired) electrons. The molecule has 0 spiro atoms. The summed E-state index contributed by atoms with van der Waals surface area (Å²) in [6.07, 6.45) is 3.29. The summed E-state index contributed by atoms with van der Waals surface area (Å²) in [5, 5.41) is 12.7. The number of halogens is 2. The van der Waals surface area contributed by atoms with Crippen molar-refractivity contribution in [3.8, 4) is 22.0 Å². The monoisotopic (exact) mass is 315 g/mol. The Morgan fingerprint density at radius 3 is 2.82 bits per heavy atom. The van der Waals surface area contributed by atoms with E-state index in [0.29, 0.717) is 15.8 Å². The zero-order valence-electron chi connectivity index (χ0n) is 10.9. The summed E-state index contributed by atoms with van der Waals surface area (Å²) in [6, 6.07) is 6.86.